The van der Waals surface area contributed by atoms with E-state index in [1.807, 2.05) is 0 Å². The van der Waals surface area contributed by atoms with E-state index < -0.39 is 0 Å². The first-order valence-corrected chi connectivity index (χ1v) is 5.91. The molecule has 2 aliphatic rings. The first-order valence-electron chi connectivity index (χ1n) is 5.91. The van der Waals surface area contributed by atoms with Gasteiger partial charge in [-0.2, -0.15) is 0 Å². The molecule has 0 aliphatic carbocycles. The monoisotopic (exact) mass is 214 g/mol. The number of morpholine rings is 1. The van der Waals surface area contributed by atoms with Gasteiger partial charge >= 0.3 is 0 Å². The molecule has 0 aromatic heterocycles. The zero-order valence-electron chi connectivity index (χ0n) is 9.56. The Kier molecular flexibility index (Phi) is 3.97. The van der Waals surface area contributed by atoms with Crippen LogP contribution in [-0.2, 0) is 4.74 Å². The molecule has 15 heavy (non-hydrogen) atoms. The molecule has 2 atom stereocenters. The molecule has 88 valence electrons. The molecule has 2 saturated heterocycles. The van der Waals surface area contributed by atoms with Crippen molar-refractivity contribution in [3.8, 4) is 0 Å². The summed E-state index contributed by atoms with van der Waals surface area (Å²) in [5, 5.41) is 9.07. The van der Waals surface area contributed by atoms with E-state index in [-0.39, 0.29) is 0 Å². The highest BCUT2D eigenvalue weighted by Gasteiger charge is 2.26. The Hall–Kier alpha value is -0.160. The second-order valence-electron chi connectivity index (χ2n) is 4.85. The highest BCUT2D eigenvalue weighted by Crippen LogP contribution is 2.16. The first-order chi connectivity index (χ1) is 7.28. The molecule has 0 saturated carbocycles. The molecule has 2 unspecified atom stereocenters. The van der Waals surface area contributed by atoms with Crippen LogP contribution in [0.5, 0.6) is 0 Å². The molecule has 4 nitrogen and oxygen atoms in total. The van der Waals surface area contributed by atoms with Crippen molar-refractivity contribution in [3.05, 3.63) is 0 Å². The topological polar surface area (TPSA) is 35.9 Å². The fourth-order valence-electron chi connectivity index (χ4n) is 2.49. The third kappa shape index (κ3) is 3.14. The van der Waals surface area contributed by atoms with E-state index in [0.29, 0.717) is 18.6 Å². The van der Waals surface area contributed by atoms with Crippen LogP contribution in [0.3, 0.4) is 0 Å². The fourth-order valence-corrected chi connectivity index (χ4v) is 2.49. The zero-order chi connectivity index (χ0) is 10.7. The minimum atomic E-state index is 0.335. The highest BCUT2D eigenvalue weighted by atomic mass is 16.5. The average Bonchev–Trinajstić information content (AvgIpc) is 2.65. The Morgan fingerprint density at radius 1 is 1.33 bits per heavy atom. The molecule has 0 spiro atoms. The lowest BCUT2D eigenvalue weighted by Crippen LogP contribution is -2.45. The van der Waals surface area contributed by atoms with Crippen molar-refractivity contribution in [1.29, 1.82) is 0 Å². The Morgan fingerprint density at radius 2 is 2.20 bits per heavy atom. The number of hydrogen-bond donors (Lipinski definition) is 1. The van der Waals surface area contributed by atoms with Crippen molar-refractivity contribution < 1.29 is 9.84 Å². The van der Waals surface area contributed by atoms with E-state index in [0.717, 1.165) is 45.8 Å². The van der Waals surface area contributed by atoms with E-state index in [9.17, 15) is 0 Å². The zero-order valence-corrected chi connectivity index (χ0v) is 9.56. The predicted molar refractivity (Wildman–Crippen MR) is 58.9 cm³/mol. The summed E-state index contributed by atoms with van der Waals surface area (Å²) in [6, 6.07) is 0. The highest BCUT2D eigenvalue weighted by molar-refractivity contribution is 4.79. The van der Waals surface area contributed by atoms with Gasteiger partial charge in [-0.1, -0.05) is 0 Å². The van der Waals surface area contributed by atoms with Gasteiger partial charge in [0.2, 0.25) is 0 Å². The van der Waals surface area contributed by atoms with Gasteiger partial charge < -0.3 is 19.6 Å². The number of aliphatic hydroxyl groups is 1. The molecule has 0 aromatic rings. The lowest BCUT2D eigenvalue weighted by Gasteiger charge is -2.32. The summed E-state index contributed by atoms with van der Waals surface area (Å²) in [5.41, 5.74) is 0. The lowest BCUT2D eigenvalue weighted by atomic mass is 10.1. The number of aliphatic hydroxyl groups excluding tert-OH is 1. The Morgan fingerprint density at radius 3 is 2.87 bits per heavy atom. The van der Waals surface area contributed by atoms with Gasteiger partial charge in [-0.05, 0) is 25.9 Å². The van der Waals surface area contributed by atoms with E-state index in [4.69, 9.17) is 9.84 Å². The van der Waals surface area contributed by atoms with Crippen LogP contribution in [0.1, 0.15) is 6.42 Å². The summed E-state index contributed by atoms with van der Waals surface area (Å²) < 4.78 is 5.73. The van der Waals surface area contributed by atoms with E-state index >= 15 is 0 Å². The maximum atomic E-state index is 9.07. The minimum Gasteiger partial charge on any atom is -0.396 e. The SMILES string of the molecule is CN1CCOC(CN2CCC(CO)C2)C1. The second kappa shape index (κ2) is 5.25. The van der Waals surface area contributed by atoms with Crippen LogP contribution in [0.15, 0.2) is 0 Å². The number of likely N-dealkylation sites (tertiary alicyclic amines) is 1. The molecule has 2 fully saturated rings. The van der Waals surface area contributed by atoms with Gasteiger partial charge in [-0.25, -0.2) is 0 Å². The summed E-state index contributed by atoms with van der Waals surface area (Å²) in [4.78, 5) is 4.75. The molecule has 2 heterocycles. The number of rotatable bonds is 3. The lowest BCUT2D eigenvalue weighted by molar-refractivity contribution is -0.0334. The summed E-state index contributed by atoms with van der Waals surface area (Å²) in [5.74, 6) is 0.492. The normalized spacial score (nSPS) is 34.8. The minimum absolute atomic E-state index is 0.335. The van der Waals surface area contributed by atoms with Crippen LogP contribution in [0.4, 0.5) is 0 Å². The maximum Gasteiger partial charge on any atom is 0.0829 e. The largest absolute Gasteiger partial charge is 0.396 e. The fraction of sp³-hybridized carbons (Fsp3) is 1.00. The summed E-state index contributed by atoms with van der Waals surface area (Å²) in [7, 11) is 2.15. The van der Waals surface area contributed by atoms with Gasteiger partial charge in [0.05, 0.1) is 12.7 Å². The summed E-state index contributed by atoms with van der Waals surface area (Å²) >= 11 is 0. The predicted octanol–water partition coefficient (Wildman–Crippen LogP) is -0.369. The van der Waals surface area contributed by atoms with Crippen molar-refractivity contribution >= 4 is 0 Å². The van der Waals surface area contributed by atoms with Crippen LogP contribution in [0.2, 0.25) is 0 Å². The van der Waals surface area contributed by atoms with E-state index in [2.05, 4.69) is 16.8 Å². The summed E-state index contributed by atoms with van der Waals surface area (Å²) in [6.45, 7) is 6.48. The first kappa shape index (κ1) is 11.3. The Labute approximate surface area is 91.8 Å². The molecule has 0 aromatic carbocycles. The van der Waals surface area contributed by atoms with Gasteiger partial charge in [-0.3, -0.25) is 0 Å². The molecule has 1 N–H and O–H groups in total. The molecule has 2 rings (SSSR count). The van der Waals surface area contributed by atoms with Crippen molar-refractivity contribution in [1.82, 2.24) is 9.80 Å². The van der Waals surface area contributed by atoms with Gasteiger partial charge in [-0.15, -0.1) is 0 Å². The average molecular weight is 214 g/mol. The van der Waals surface area contributed by atoms with Crippen LogP contribution < -0.4 is 0 Å². The number of likely N-dealkylation sites (N-methyl/N-ethyl adjacent to an activating group) is 1. The van der Waals surface area contributed by atoms with E-state index in [1.165, 1.54) is 0 Å². The van der Waals surface area contributed by atoms with Crippen molar-refractivity contribution in [2.45, 2.75) is 12.5 Å². The molecule has 4 heteroatoms. The number of ether oxygens (including phenoxy) is 1. The van der Waals surface area contributed by atoms with Gasteiger partial charge in [0.1, 0.15) is 0 Å². The molecule has 0 radical (unpaired) electrons. The Bertz CT molecular complexity index is 201. The third-order valence-corrected chi connectivity index (χ3v) is 3.43. The van der Waals surface area contributed by atoms with Crippen molar-refractivity contribution in [2.75, 3.05) is 53.0 Å². The summed E-state index contributed by atoms with van der Waals surface area (Å²) in [6.07, 6.45) is 1.50. The number of nitrogens with zero attached hydrogens (tertiary/aromatic N) is 2. The van der Waals surface area contributed by atoms with Crippen LogP contribution in [0.25, 0.3) is 0 Å². The molecule has 0 amide bonds. The van der Waals surface area contributed by atoms with Crippen LogP contribution in [0, 0.1) is 5.92 Å². The standard InChI is InChI=1S/C11H22N2O2/c1-12-4-5-15-11(7-12)8-13-3-2-10(6-13)9-14/h10-11,14H,2-9H2,1H3. The molecule has 2 aliphatic heterocycles. The molecular formula is C11H22N2O2. The molecule has 0 bridgehead atoms. The maximum absolute atomic E-state index is 9.07. The van der Waals surface area contributed by atoms with Crippen molar-refractivity contribution in [3.63, 3.8) is 0 Å². The van der Waals surface area contributed by atoms with Gasteiger partial charge in [0, 0.05) is 32.8 Å². The van der Waals surface area contributed by atoms with Crippen LogP contribution in [-0.4, -0.2) is 74.0 Å². The second-order valence-corrected chi connectivity index (χ2v) is 4.85. The van der Waals surface area contributed by atoms with Gasteiger partial charge in [0.25, 0.3) is 0 Å². The Balaban J connectivity index is 1.72. The molecular weight excluding hydrogens is 192 g/mol. The third-order valence-electron chi connectivity index (χ3n) is 3.43. The van der Waals surface area contributed by atoms with E-state index in [1.54, 1.807) is 0 Å². The van der Waals surface area contributed by atoms with Gasteiger partial charge in [0.15, 0.2) is 0 Å². The van der Waals surface area contributed by atoms with Crippen LogP contribution >= 0.6 is 0 Å². The quantitative estimate of drug-likeness (QED) is 0.695. The smallest absolute Gasteiger partial charge is 0.0829 e. The number of hydrogen-bond acceptors (Lipinski definition) is 4. The van der Waals surface area contributed by atoms with Crippen molar-refractivity contribution in [2.24, 2.45) is 5.92 Å².